The number of halogens is 2. The first-order chi connectivity index (χ1) is 10.9. The molecule has 0 bridgehead atoms. The van der Waals surface area contributed by atoms with E-state index in [0.29, 0.717) is 5.56 Å². The van der Waals surface area contributed by atoms with Crippen LogP contribution in [0.25, 0.3) is 11.1 Å². The largest absolute Gasteiger partial charge is 0.240 e. The third-order valence-electron chi connectivity index (χ3n) is 4.00. The molecule has 0 heterocycles. The van der Waals surface area contributed by atoms with Gasteiger partial charge in [0.05, 0.1) is 0 Å². The second-order valence-corrected chi connectivity index (χ2v) is 7.95. The van der Waals surface area contributed by atoms with Gasteiger partial charge in [-0.1, -0.05) is 34.1 Å². The van der Waals surface area contributed by atoms with Crippen LogP contribution in [-0.4, -0.2) is 8.42 Å². The molecular weight excluding hydrogens is 381 g/mol. The van der Waals surface area contributed by atoms with E-state index in [0.717, 1.165) is 34.9 Å². The van der Waals surface area contributed by atoms with Crippen LogP contribution in [-0.2, 0) is 10.0 Å². The molecule has 3 nitrogen and oxygen atoms in total. The Labute approximate surface area is 143 Å². The smallest absolute Gasteiger partial charge is 0.225 e. The van der Waals surface area contributed by atoms with Gasteiger partial charge < -0.3 is 0 Å². The standard InChI is InChI=1S/C17H15BrFNO2S/c18-13-7-4-11(5-8-13)14-2-1-3-15(14)12-6-9-17(16(19)10-12)23(20,21)22/h4-10H,1-3H2,(H2,20,21,22). The molecule has 0 saturated heterocycles. The van der Waals surface area contributed by atoms with Crippen LogP contribution in [0.2, 0.25) is 0 Å². The van der Waals surface area contributed by atoms with E-state index in [1.807, 2.05) is 24.3 Å². The molecule has 0 aromatic heterocycles. The summed E-state index contributed by atoms with van der Waals surface area (Å²) < 4.78 is 37.7. The van der Waals surface area contributed by atoms with Gasteiger partial charge >= 0.3 is 0 Å². The van der Waals surface area contributed by atoms with Crippen LogP contribution in [0, 0.1) is 5.82 Å². The van der Waals surface area contributed by atoms with Crippen molar-refractivity contribution in [2.24, 2.45) is 5.14 Å². The lowest BCUT2D eigenvalue weighted by Crippen LogP contribution is -2.14. The minimum atomic E-state index is -4.04. The molecule has 0 radical (unpaired) electrons. The van der Waals surface area contributed by atoms with Gasteiger partial charge in [-0.15, -0.1) is 0 Å². The van der Waals surface area contributed by atoms with Gasteiger partial charge in [-0.05, 0) is 65.8 Å². The lowest BCUT2D eigenvalue weighted by molar-refractivity contribution is 0.568. The van der Waals surface area contributed by atoms with E-state index in [4.69, 9.17) is 5.14 Å². The summed E-state index contributed by atoms with van der Waals surface area (Å²) in [7, 11) is -4.04. The Bertz CT molecular complexity index is 889. The number of hydrogen-bond acceptors (Lipinski definition) is 2. The van der Waals surface area contributed by atoms with Crippen LogP contribution >= 0.6 is 15.9 Å². The summed E-state index contributed by atoms with van der Waals surface area (Å²) >= 11 is 3.42. The molecule has 2 N–H and O–H groups in total. The van der Waals surface area contributed by atoms with Crippen molar-refractivity contribution in [1.82, 2.24) is 0 Å². The van der Waals surface area contributed by atoms with Crippen molar-refractivity contribution in [3.8, 4) is 0 Å². The lowest BCUT2D eigenvalue weighted by Gasteiger charge is -2.10. The fourth-order valence-electron chi connectivity index (χ4n) is 2.95. The molecule has 0 saturated carbocycles. The zero-order valence-electron chi connectivity index (χ0n) is 12.2. The summed E-state index contributed by atoms with van der Waals surface area (Å²) in [5.41, 5.74) is 4.06. The molecule has 120 valence electrons. The maximum atomic E-state index is 14.1. The minimum Gasteiger partial charge on any atom is -0.225 e. The number of allylic oxidation sites excluding steroid dienone is 2. The van der Waals surface area contributed by atoms with Crippen LogP contribution < -0.4 is 5.14 Å². The molecule has 0 amide bonds. The third-order valence-corrected chi connectivity index (χ3v) is 5.47. The fourth-order valence-corrected chi connectivity index (χ4v) is 3.80. The first-order valence-corrected chi connectivity index (χ1v) is 9.51. The summed E-state index contributed by atoms with van der Waals surface area (Å²) in [5.74, 6) is -0.806. The Kier molecular flexibility index (Phi) is 4.40. The Morgan fingerprint density at radius 2 is 1.52 bits per heavy atom. The minimum absolute atomic E-state index is 0.468. The maximum Gasteiger partial charge on any atom is 0.240 e. The van der Waals surface area contributed by atoms with Crippen LogP contribution in [0.3, 0.4) is 0 Å². The third kappa shape index (κ3) is 3.39. The van der Waals surface area contributed by atoms with Gasteiger partial charge in [0, 0.05) is 4.47 Å². The topological polar surface area (TPSA) is 60.2 Å². The highest BCUT2D eigenvalue weighted by Crippen LogP contribution is 2.40. The molecule has 2 aromatic carbocycles. The van der Waals surface area contributed by atoms with E-state index >= 15 is 0 Å². The van der Waals surface area contributed by atoms with Crippen molar-refractivity contribution in [2.75, 3.05) is 0 Å². The van der Waals surface area contributed by atoms with Crippen molar-refractivity contribution in [1.29, 1.82) is 0 Å². The maximum absolute atomic E-state index is 14.1. The molecule has 23 heavy (non-hydrogen) atoms. The Hall–Kier alpha value is -1.50. The number of rotatable bonds is 3. The second kappa shape index (κ2) is 6.19. The van der Waals surface area contributed by atoms with Crippen LogP contribution in [0.1, 0.15) is 30.4 Å². The molecule has 3 rings (SSSR count). The van der Waals surface area contributed by atoms with Gasteiger partial charge in [-0.3, -0.25) is 0 Å². The predicted molar refractivity (Wildman–Crippen MR) is 92.6 cm³/mol. The Morgan fingerprint density at radius 1 is 0.957 bits per heavy atom. The molecular formula is C17H15BrFNO2S. The van der Waals surface area contributed by atoms with Gasteiger partial charge in [0.25, 0.3) is 0 Å². The Morgan fingerprint density at radius 3 is 2.09 bits per heavy atom. The zero-order valence-corrected chi connectivity index (χ0v) is 14.6. The lowest BCUT2D eigenvalue weighted by atomic mass is 9.97. The van der Waals surface area contributed by atoms with Gasteiger partial charge in [-0.25, -0.2) is 17.9 Å². The number of sulfonamides is 1. The van der Waals surface area contributed by atoms with Gasteiger partial charge in [-0.2, -0.15) is 0 Å². The van der Waals surface area contributed by atoms with Crippen molar-refractivity contribution in [3.05, 3.63) is 63.9 Å². The monoisotopic (exact) mass is 395 g/mol. The van der Waals surface area contributed by atoms with E-state index in [-0.39, 0.29) is 0 Å². The first kappa shape index (κ1) is 16.4. The number of hydrogen-bond donors (Lipinski definition) is 1. The SMILES string of the molecule is NS(=O)(=O)c1ccc(C2=C(c3ccc(Br)cc3)CCC2)cc1F. The summed E-state index contributed by atoms with van der Waals surface area (Å²) in [4.78, 5) is -0.468. The molecule has 0 spiro atoms. The molecule has 6 heteroatoms. The quantitative estimate of drug-likeness (QED) is 0.840. The number of nitrogens with two attached hydrogens (primary N) is 1. The van der Waals surface area contributed by atoms with E-state index in [1.54, 1.807) is 6.07 Å². The van der Waals surface area contributed by atoms with Crippen molar-refractivity contribution < 1.29 is 12.8 Å². The zero-order chi connectivity index (χ0) is 16.6. The molecule has 1 aliphatic rings. The molecule has 0 fully saturated rings. The van der Waals surface area contributed by atoms with E-state index < -0.39 is 20.7 Å². The molecule has 1 aliphatic carbocycles. The van der Waals surface area contributed by atoms with Crippen molar-refractivity contribution >= 4 is 37.1 Å². The van der Waals surface area contributed by atoms with Crippen LogP contribution in [0.15, 0.2) is 51.8 Å². The summed E-state index contributed by atoms with van der Waals surface area (Å²) in [6, 6.07) is 12.1. The Balaban J connectivity index is 2.07. The highest BCUT2D eigenvalue weighted by molar-refractivity contribution is 9.10. The summed E-state index contributed by atoms with van der Waals surface area (Å²) in [5, 5.41) is 5.01. The summed E-state index contributed by atoms with van der Waals surface area (Å²) in [6.45, 7) is 0. The number of benzene rings is 2. The van der Waals surface area contributed by atoms with E-state index in [2.05, 4.69) is 15.9 Å². The molecule has 0 unspecified atom stereocenters. The molecule has 0 atom stereocenters. The fraction of sp³-hybridized carbons (Fsp3) is 0.176. The predicted octanol–water partition coefficient (Wildman–Crippen LogP) is 4.33. The van der Waals surface area contributed by atoms with Crippen LogP contribution in [0.4, 0.5) is 4.39 Å². The first-order valence-electron chi connectivity index (χ1n) is 7.17. The van der Waals surface area contributed by atoms with E-state index in [9.17, 15) is 12.8 Å². The molecule has 0 aliphatic heterocycles. The summed E-state index contributed by atoms with van der Waals surface area (Å²) in [6.07, 6.45) is 2.77. The highest BCUT2D eigenvalue weighted by atomic mass is 79.9. The average Bonchev–Trinajstić information content (AvgIpc) is 2.96. The molecule has 2 aromatic rings. The van der Waals surface area contributed by atoms with Gasteiger partial charge in [0.1, 0.15) is 10.7 Å². The normalized spacial score (nSPS) is 15.3. The number of primary sulfonamides is 1. The van der Waals surface area contributed by atoms with Gasteiger partial charge in [0.15, 0.2) is 0 Å². The van der Waals surface area contributed by atoms with Crippen LogP contribution in [0.5, 0.6) is 0 Å². The van der Waals surface area contributed by atoms with Gasteiger partial charge in [0.2, 0.25) is 10.0 Å². The van der Waals surface area contributed by atoms with Crippen molar-refractivity contribution in [2.45, 2.75) is 24.2 Å². The van der Waals surface area contributed by atoms with E-state index in [1.165, 1.54) is 17.7 Å². The average molecular weight is 396 g/mol. The highest BCUT2D eigenvalue weighted by Gasteiger charge is 2.20. The van der Waals surface area contributed by atoms with Crippen molar-refractivity contribution in [3.63, 3.8) is 0 Å². The second-order valence-electron chi connectivity index (χ2n) is 5.51.